The van der Waals surface area contributed by atoms with Gasteiger partial charge in [0.2, 0.25) is 0 Å². The molecule has 0 unspecified atom stereocenters. The van der Waals surface area contributed by atoms with Crippen molar-refractivity contribution in [2.45, 2.75) is 53.1 Å². The zero-order valence-corrected chi connectivity index (χ0v) is 13.5. The summed E-state index contributed by atoms with van der Waals surface area (Å²) in [7, 11) is 0. The number of thiazole rings is 1. The number of nitrogens with zero attached hydrogens (tertiary/aromatic N) is 2. The fraction of sp³-hybridized carbons (Fsp3) is 0.500. The van der Waals surface area contributed by atoms with Crippen LogP contribution in [0.2, 0.25) is 0 Å². The largest absolute Gasteiger partial charge is 0.310 e. The Kier molecular flexibility index (Phi) is 5.26. The van der Waals surface area contributed by atoms with Crippen LogP contribution in [0.5, 0.6) is 0 Å². The highest BCUT2D eigenvalue weighted by Gasteiger charge is 2.13. The van der Waals surface area contributed by atoms with E-state index in [1.165, 1.54) is 21.7 Å². The predicted octanol–water partition coefficient (Wildman–Crippen LogP) is 3.83. The number of nitrogens with one attached hydrogen (secondary N) is 1. The van der Waals surface area contributed by atoms with E-state index in [2.05, 4.69) is 44.1 Å². The van der Waals surface area contributed by atoms with Crippen LogP contribution in [-0.4, -0.2) is 16.0 Å². The van der Waals surface area contributed by atoms with E-state index in [1.54, 1.807) is 0 Å². The van der Waals surface area contributed by atoms with Gasteiger partial charge in [0.25, 0.3) is 0 Å². The van der Waals surface area contributed by atoms with Gasteiger partial charge < -0.3 is 5.32 Å². The second kappa shape index (κ2) is 6.95. The van der Waals surface area contributed by atoms with Gasteiger partial charge in [0.15, 0.2) is 0 Å². The van der Waals surface area contributed by atoms with Crippen molar-refractivity contribution in [1.29, 1.82) is 0 Å². The molecule has 0 atom stereocenters. The Bertz CT molecular complexity index is 561. The van der Waals surface area contributed by atoms with Crippen molar-refractivity contribution in [2.75, 3.05) is 0 Å². The van der Waals surface area contributed by atoms with E-state index in [-0.39, 0.29) is 0 Å². The molecule has 2 aromatic rings. The van der Waals surface area contributed by atoms with Crippen LogP contribution in [0.3, 0.4) is 0 Å². The van der Waals surface area contributed by atoms with E-state index in [0.29, 0.717) is 6.04 Å². The highest BCUT2D eigenvalue weighted by molar-refractivity contribution is 7.15. The summed E-state index contributed by atoms with van der Waals surface area (Å²) in [5.74, 6) is 0. The number of rotatable bonds is 6. The number of hydrogen-bond acceptors (Lipinski definition) is 4. The van der Waals surface area contributed by atoms with Crippen molar-refractivity contribution in [3.63, 3.8) is 0 Å². The van der Waals surface area contributed by atoms with Crippen LogP contribution >= 0.6 is 11.3 Å². The number of aromatic nitrogens is 2. The standard InChI is InChI=1S/C16H23N3S/c1-5-12-9-17-8-7-13(12)16-19-14(6-2)15(20-16)10-18-11(3)4/h7-9,11,18H,5-6,10H2,1-4H3. The molecule has 2 aromatic heterocycles. The summed E-state index contributed by atoms with van der Waals surface area (Å²) in [6, 6.07) is 2.58. The molecule has 108 valence electrons. The molecule has 0 saturated heterocycles. The SMILES string of the molecule is CCc1cnccc1-c1nc(CC)c(CNC(C)C)s1. The molecule has 1 N–H and O–H groups in total. The van der Waals surface area contributed by atoms with E-state index >= 15 is 0 Å². The minimum absolute atomic E-state index is 0.498. The maximum Gasteiger partial charge on any atom is 0.124 e. The van der Waals surface area contributed by atoms with Crippen LogP contribution in [-0.2, 0) is 19.4 Å². The van der Waals surface area contributed by atoms with Gasteiger partial charge in [0.05, 0.1) is 5.69 Å². The van der Waals surface area contributed by atoms with E-state index in [0.717, 1.165) is 24.4 Å². The average Bonchev–Trinajstić information content (AvgIpc) is 2.88. The van der Waals surface area contributed by atoms with Gasteiger partial charge in [0.1, 0.15) is 5.01 Å². The molecule has 2 rings (SSSR count). The van der Waals surface area contributed by atoms with E-state index in [9.17, 15) is 0 Å². The fourth-order valence-corrected chi connectivity index (χ4v) is 3.29. The molecule has 0 fully saturated rings. The topological polar surface area (TPSA) is 37.8 Å². The van der Waals surface area contributed by atoms with Gasteiger partial charge in [-0.1, -0.05) is 27.7 Å². The lowest BCUT2D eigenvalue weighted by atomic mass is 10.1. The van der Waals surface area contributed by atoms with Crippen LogP contribution in [0.4, 0.5) is 0 Å². The van der Waals surface area contributed by atoms with E-state index in [1.807, 2.05) is 23.7 Å². The van der Waals surface area contributed by atoms with Crippen LogP contribution < -0.4 is 5.32 Å². The van der Waals surface area contributed by atoms with Crippen molar-refractivity contribution >= 4 is 11.3 Å². The molecule has 0 saturated carbocycles. The Morgan fingerprint density at radius 1 is 1.25 bits per heavy atom. The summed E-state index contributed by atoms with van der Waals surface area (Å²) >= 11 is 1.81. The van der Waals surface area contributed by atoms with Crippen molar-refractivity contribution in [1.82, 2.24) is 15.3 Å². The van der Waals surface area contributed by atoms with E-state index in [4.69, 9.17) is 4.98 Å². The lowest BCUT2D eigenvalue weighted by Crippen LogP contribution is -2.21. The smallest absolute Gasteiger partial charge is 0.124 e. The third-order valence-electron chi connectivity index (χ3n) is 3.30. The Morgan fingerprint density at radius 3 is 2.70 bits per heavy atom. The highest BCUT2D eigenvalue weighted by Crippen LogP contribution is 2.30. The molecule has 20 heavy (non-hydrogen) atoms. The highest BCUT2D eigenvalue weighted by atomic mass is 32.1. The summed E-state index contributed by atoms with van der Waals surface area (Å²) in [5, 5.41) is 4.61. The molecule has 0 aliphatic heterocycles. The fourth-order valence-electron chi connectivity index (χ4n) is 2.13. The summed E-state index contributed by atoms with van der Waals surface area (Å²) in [4.78, 5) is 10.4. The Balaban J connectivity index is 2.33. The maximum atomic E-state index is 4.84. The van der Waals surface area contributed by atoms with Gasteiger partial charge >= 0.3 is 0 Å². The summed E-state index contributed by atoms with van der Waals surface area (Å²) in [5.41, 5.74) is 3.72. The van der Waals surface area contributed by atoms with Gasteiger partial charge in [0, 0.05) is 35.4 Å². The first kappa shape index (κ1) is 15.1. The molecule has 0 bridgehead atoms. The first-order chi connectivity index (χ1) is 9.65. The van der Waals surface area contributed by atoms with Crippen LogP contribution in [0, 0.1) is 0 Å². The second-order valence-corrected chi connectivity index (χ2v) is 6.25. The van der Waals surface area contributed by atoms with E-state index < -0.39 is 0 Å². The van der Waals surface area contributed by atoms with Gasteiger partial charge in [-0.3, -0.25) is 4.98 Å². The molecule has 0 amide bonds. The van der Waals surface area contributed by atoms with Gasteiger partial charge in [-0.25, -0.2) is 4.98 Å². The first-order valence-electron chi connectivity index (χ1n) is 7.30. The second-order valence-electron chi connectivity index (χ2n) is 5.16. The van der Waals surface area contributed by atoms with Gasteiger partial charge in [-0.2, -0.15) is 0 Å². The number of pyridine rings is 1. The van der Waals surface area contributed by atoms with Crippen molar-refractivity contribution < 1.29 is 0 Å². The minimum atomic E-state index is 0.498. The molecule has 0 aromatic carbocycles. The van der Waals surface area contributed by atoms with Gasteiger partial charge in [-0.05, 0) is 24.5 Å². The van der Waals surface area contributed by atoms with Crippen LogP contribution in [0.25, 0.3) is 10.6 Å². The third kappa shape index (κ3) is 3.44. The van der Waals surface area contributed by atoms with Crippen molar-refractivity contribution in [2.24, 2.45) is 0 Å². The Hall–Kier alpha value is -1.26. The Morgan fingerprint density at radius 2 is 2.05 bits per heavy atom. The lowest BCUT2D eigenvalue weighted by Gasteiger charge is -2.06. The Labute approximate surface area is 125 Å². The summed E-state index contributed by atoms with van der Waals surface area (Å²) in [6.45, 7) is 9.59. The zero-order valence-electron chi connectivity index (χ0n) is 12.7. The van der Waals surface area contributed by atoms with Crippen LogP contribution in [0.1, 0.15) is 43.8 Å². The monoisotopic (exact) mass is 289 g/mol. The molecule has 3 nitrogen and oxygen atoms in total. The van der Waals surface area contributed by atoms with Crippen LogP contribution in [0.15, 0.2) is 18.5 Å². The quantitative estimate of drug-likeness (QED) is 0.878. The molecular weight excluding hydrogens is 266 g/mol. The lowest BCUT2D eigenvalue weighted by molar-refractivity contribution is 0.590. The molecular formula is C16H23N3S. The molecule has 4 heteroatoms. The molecule has 0 aliphatic carbocycles. The maximum absolute atomic E-state index is 4.84. The van der Waals surface area contributed by atoms with Crippen molar-refractivity contribution in [3.8, 4) is 10.6 Å². The molecule has 2 heterocycles. The third-order valence-corrected chi connectivity index (χ3v) is 4.43. The number of aryl methyl sites for hydroxylation is 2. The predicted molar refractivity (Wildman–Crippen MR) is 86.1 cm³/mol. The minimum Gasteiger partial charge on any atom is -0.310 e. The normalized spacial score (nSPS) is 11.2. The molecule has 0 radical (unpaired) electrons. The molecule has 0 spiro atoms. The summed E-state index contributed by atoms with van der Waals surface area (Å²) < 4.78 is 0. The zero-order chi connectivity index (χ0) is 14.5. The molecule has 0 aliphatic rings. The first-order valence-corrected chi connectivity index (χ1v) is 8.12. The van der Waals surface area contributed by atoms with Crippen molar-refractivity contribution in [3.05, 3.63) is 34.6 Å². The van der Waals surface area contributed by atoms with Gasteiger partial charge in [-0.15, -0.1) is 11.3 Å². The summed E-state index contributed by atoms with van der Waals surface area (Å²) in [6.07, 6.45) is 5.78. The average molecular weight is 289 g/mol. The number of hydrogen-bond donors (Lipinski definition) is 1.